The van der Waals surface area contributed by atoms with Crippen LogP contribution in [0, 0.1) is 0 Å². The molecule has 0 radical (unpaired) electrons. The number of carbonyl (C=O) groups excluding carboxylic acids is 1. The van der Waals surface area contributed by atoms with Crippen LogP contribution in [0.1, 0.15) is 41.0 Å². The third kappa shape index (κ3) is 5.65. The van der Waals surface area contributed by atoms with Gasteiger partial charge in [-0.15, -0.1) is 6.58 Å². The lowest BCUT2D eigenvalue weighted by Gasteiger charge is -2.40. The Morgan fingerprint density at radius 1 is 1.28 bits per heavy atom. The summed E-state index contributed by atoms with van der Waals surface area (Å²) in [5.74, 6) is 0.177. The second-order valence-corrected chi connectivity index (χ2v) is 4.92. The Morgan fingerprint density at radius 2 is 1.83 bits per heavy atom. The molecule has 1 amide bonds. The molecule has 4 nitrogen and oxygen atoms in total. The van der Waals surface area contributed by atoms with Crippen molar-refractivity contribution < 1.29 is 4.79 Å². The largest absolute Gasteiger partial charge is 0.313 e. The van der Waals surface area contributed by atoms with Crippen molar-refractivity contribution in [1.82, 2.24) is 15.3 Å². The fourth-order valence-electron chi connectivity index (χ4n) is 2.15. The van der Waals surface area contributed by atoms with Crippen molar-refractivity contribution in [1.29, 1.82) is 0 Å². The average molecular weight is 255 g/mol. The predicted molar refractivity (Wildman–Crippen MR) is 77.2 cm³/mol. The zero-order chi connectivity index (χ0) is 14.1. The normalized spacial score (nSPS) is 11.3. The van der Waals surface area contributed by atoms with Crippen LogP contribution in [0.2, 0.25) is 0 Å². The number of amides is 1. The van der Waals surface area contributed by atoms with Crippen molar-refractivity contribution in [2.75, 3.05) is 19.6 Å². The first-order valence-corrected chi connectivity index (χ1v) is 6.85. The van der Waals surface area contributed by atoms with Crippen molar-refractivity contribution in [3.05, 3.63) is 12.7 Å². The van der Waals surface area contributed by atoms with E-state index in [1.807, 2.05) is 11.9 Å². The molecule has 0 aliphatic heterocycles. The van der Waals surface area contributed by atoms with Gasteiger partial charge in [-0.2, -0.15) is 0 Å². The first-order valence-electron chi connectivity index (χ1n) is 6.85. The van der Waals surface area contributed by atoms with Crippen molar-refractivity contribution in [2.45, 2.75) is 53.1 Å². The number of hydrogen-bond acceptors (Lipinski definition) is 3. The van der Waals surface area contributed by atoms with Crippen LogP contribution in [0.15, 0.2) is 12.7 Å². The lowest BCUT2D eigenvalue weighted by Crippen LogP contribution is -2.53. The molecule has 0 atom stereocenters. The summed E-state index contributed by atoms with van der Waals surface area (Å²) in [6.45, 7) is 16.3. The van der Waals surface area contributed by atoms with Crippen LogP contribution in [-0.2, 0) is 4.79 Å². The molecule has 0 aliphatic carbocycles. The van der Waals surface area contributed by atoms with Gasteiger partial charge in [0.25, 0.3) is 0 Å². The minimum atomic E-state index is 0.177. The second-order valence-electron chi connectivity index (χ2n) is 4.92. The predicted octanol–water partition coefficient (Wildman–Crippen LogP) is 2.03. The fraction of sp³-hybridized carbons (Fsp3) is 0.786. The van der Waals surface area contributed by atoms with Crippen molar-refractivity contribution in [2.24, 2.45) is 0 Å². The highest BCUT2D eigenvalue weighted by molar-refractivity contribution is 5.75. The Hall–Kier alpha value is -0.870. The van der Waals surface area contributed by atoms with Crippen LogP contribution in [0.4, 0.5) is 0 Å². The Morgan fingerprint density at radius 3 is 2.22 bits per heavy atom. The molecule has 106 valence electrons. The van der Waals surface area contributed by atoms with Gasteiger partial charge < -0.3 is 5.32 Å². The van der Waals surface area contributed by atoms with E-state index < -0.39 is 0 Å². The molecule has 0 spiro atoms. The summed E-state index contributed by atoms with van der Waals surface area (Å²) in [5.41, 5.74) is 0. The van der Waals surface area contributed by atoms with Gasteiger partial charge in [0.15, 0.2) is 0 Å². The minimum Gasteiger partial charge on any atom is -0.313 e. The molecule has 0 bridgehead atoms. The number of carbonyl (C=O) groups is 1. The van der Waals surface area contributed by atoms with Crippen molar-refractivity contribution >= 4 is 5.91 Å². The van der Waals surface area contributed by atoms with Gasteiger partial charge in [-0.05, 0) is 34.6 Å². The van der Waals surface area contributed by atoms with Crippen LogP contribution in [-0.4, -0.2) is 47.6 Å². The lowest BCUT2D eigenvalue weighted by molar-refractivity contribution is -0.156. The average Bonchev–Trinajstić information content (AvgIpc) is 2.29. The molecular formula is C14H29N3O. The molecule has 4 heteroatoms. The summed E-state index contributed by atoms with van der Waals surface area (Å²) < 4.78 is 0. The third-order valence-corrected chi connectivity index (χ3v) is 2.73. The quantitative estimate of drug-likeness (QED) is 0.389. The molecule has 18 heavy (non-hydrogen) atoms. The van der Waals surface area contributed by atoms with E-state index in [0.717, 1.165) is 13.1 Å². The van der Waals surface area contributed by atoms with Crippen LogP contribution in [0.3, 0.4) is 0 Å². The highest BCUT2D eigenvalue weighted by Gasteiger charge is 2.24. The summed E-state index contributed by atoms with van der Waals surface area (Å²) in [6.07, 6.45) is 2.33. The highest BCUT2D eigenvalue weighted by atomic mass is 16.2. The van der Waals surface area contributed by atoms with Gasteiger partial charge in [-0.25, -0.2) is 5.01 Å². The van der Waals surface area contributed by atoms with Gasteiger partial charge in [0, 0.05) is 38.1 Å². The zero-order valence-electron chi connectivity index (χ0n) is 12.6. The van der Waals surface area contributed by atoms with Gasteiger partial charge in [-0.3, -0.25) is 9.80 Å². The molecule has 0 fully saturated rings. The molecule has 0 aromatic heterocycles. The maximum Gasteiger partial charge on any atom is 0.238 e. The number of nitrogens with one attached hydrogen (secondary N) is 1. The summed E-state index contributed by atoms with van der Waals surface area (Å²) in [6, 6.07) is 0.657. The minimum absolute atomic E-state index is 0.177. The van der Waals surface area contributed by atoms with Gasteiger partial charge in [0.2, 0.25) is 5.91 Å². The van der Waals surface area contributed by atoms with Gasteiger partial charge >= 0.3 is 0 Å². The Labute approximate surface area is 112 Å². The van der Waals surface area contributed by atoms with E-state index in [4.69, 9.17) is 0 Å². The van der Waals surface area contributed by atoms with Crippen LogP contribution in [0.25, 0.3) is 0 Å². The van der Waals surface area contributed by atoms with E-state index in [9.17, 15) is 4.79 Å². The Bertz CT molecular complexity index is 243. The Kier molecular flexibility index (Phi) is 8.67. The molecule has 0 aliphatic rings. The van der Waals surface area contributed by atoms with Crippen LogP contribution < -0.4 is 5.32 Å². The van der Waals surface area contributed by atoms with Crippen molar-refractivity contribution in [3.63, 3.8) is 0 Å². The molecule has 0 aromatic rings. The van der Waals surface area contributed by atoms with Gasteiger partial charge in [0.05, 0.1) is 0 Å². The molecule has 0 saturated heterocycles. The van der Waals surface area contributed by atoms with Gasteiger partial charge in [0.1, 0.15) is 0 Å². The number of nitrogens with zero attached hydrogens (tertiary/aromatic N) is 2. The monoisotopic (exact) mass is 255 g/mol. The number of rotatable bonds is 9. The summed E-state index contributed by atoms with van der Waals surface area (Å²) in [7, 11) is 0. The first-order chi connectivity index (χ1) is 8.45. The summed E-state index contributed by atoms with van der Waals surface area (Å²) >= 11 is 0. The van der Waals surface area contributed by atoms with E-state index in [1.165, 1.54) is 0 Å². The third-order valence-electron chi connectivity index (χ3n) is 2.73. The molecule has 0 aromatic carbocycles. The number of hydrazine groups is 1. The van der Waals surface area contributed by atoms with Crippen molar-refractivity contribution in [3.8, 4) is 0 Å². The van der Waals surface area contributed by atoms with Gasteiger partial charge in [-0.1, -0.05) is 6.08 Å². The molecular weight excluding hydrogens is 226 g/mol. The SMILES string of the molecule is C=CCNCCC(=O)N(CC)N(C(C)C)C(C)C. The molecule has 0 saturated carbocycles. The summed E-state index contributed by atoms with van der Waals surface area (Å²) in [4.78, 5) is 12.2. The maximum atomic E-state index is 12.2. The highest BCUT2D eigenvalue weighted by Crippen LogP contribution is 2.11. The topological polar surface area (TPSA) is 35.6 Å². The van der Waals surface area contributed by atoms with Crippen LogP contribution in [0.5, 0.6) is 0 Å². The molecule has 0 unspecified atom stereocenters. The number of hydrogen-bond donors (Lipinski definition) is 1. The first kappa shape index (κ1) is 17.1. The zero-order valence-corrected chi connectivity index (χ0v) is 12.6. The maximum absolute atomic E-state index is 12.2. The second kappa shape index (κ2) is 9.11. The van der Waals surface area contributed by atoms with E-state index >= 15 is 0 Å². The Balaban J connectivity index is 4.44. The summed E-state index contributed by atoms with van der Waals surface area (Å²) in [5, 5.41) is 7.17. The fourth-order valence-corrected chi connectivity index (χ4v) is 2.15. The van der Waals surface area contributed by atoms with E-state index in [-0.39, 0.29) is 5.91 Å². The van der Waals surface area contributed by atoms with E-state index in [0.29, 0.717) is 25.0 Å². The lowest BCUT2D eigenvalue weighted by atomic mass is 10.2. The molecule has 1 N–H and O–H groups in total. The smallest absolute Gasteiger partial charge is 0.238 e. The molecule has 0 rings (SSSR count). The van der Waals surface area contributed by atoms with E-state index in [1.54, 1.807) is 6.08 Å². The van der Waals surface area contributed by atoms with Crippen LogP contribution >= 0.6 is 0 Å². The standard InChI is InChI=1S/C14H29N3O/c1-7-10-15-11-9-14(18)16(8-2)17(12(3)4)13(5)6/h7,12-13,15H,1,8-11H2,2-6H3. The van der Waals surface area contributed by atoms with E-state index in [2.05, 4.69) is 44.6 Å². The molecule has 0 heterocycles.